The molecule has 3 aromatic rings. The second-order valence-corrected chi connectivity index (χ2v) is 7.38. The van der Waals surface area contributed by atoms with E-state index in [1.807, 2.05) is 31.4 Å². The third kappa shape index (κ3) is 4.49. The molecule has 130 valence electrons. The number of hydrogen-bond acceptors (Lipinski definition) is 5. The van der Waals surface area contributed by atoms with Crippen molar-refractivity contribution in [2.75, 3.05) is 5.75 Å². The van der Waals surface area contributed by atoms with Crippen molar-refractivity contribution in [2.24, 2.45) is 0 Å². The summed E-state index contributed by atoms with van der Waals surface area (Å²) in [6, 6.07) is 9.75. The zero-order chi connectivity index (χ0) is 17.8. The van der Waals surface area contributed by atoms with Gasteiger partial charge in [0.1, 0.15) is 11.6 Å². The third-order valence-electron chi connectivity index (χ3n) is 3.67. The standard InChI is InChI=1S/C18H17FN2O2S2/c1-11-12(2)23-18(20-11)25-10-16(22)21-17(15-4-3-9-24-15)13-5-7-14(19)8-6-13/h3-9,17H,10H2,1-2H3,(H,21,22). The van der Waals surface area contributed by atoms with Crippen molar-refractivity contribution in [3.8, 4) is 0 Å². The minimum absolute atomic E-state index is 0.138. The van der Waals surface area contributed by atoms with Gasteiger partial charge in [0.2, 0.25) is 5.91 Å². The van der Waals surface area contributed by atoms with E-state index in [0.29, 0.717) is 5.22 Å². The summed E-state index contributed by atoms with van der Waals surface area (Å²) >= 11 is 2.80. The smallest absolute Gasteiger partial charge is 0.256 e. The second-order valence-electron chi connectivity index (χ2n) is 5.48. The molecule has 0 aliphatic heterocycles. The van der Waals surface area contributed by atoms with Crippen LogP contribution in [0.1, 0.15) is 27.9 Å². The van der Waals surface area contributed by atoms with Gasteiger partial charge in [-0.3, -0.25) is 4.79 Å². The van der Waals surface area contributed by atoms with Crippen LogP contribution in [-0.4, -0.2) is 16.6 Å². The maximum Gasteiger partial charge on any atom is 0.256 e. The van der Waals surface area contributed by atoms with Crippen LogP contribution in [-0.2, 0) is 4.79 Å². The Kier molecular flexibility index (Phi) is 5.55. The van der Waals surface area contributed by atoms with Crippen LogP contribution in [0.2, 0.25) is 0 Å². The van der Waals surface area contributed by atoms with Gasteiger partial charge < -0.3 is 9.73 Å². The Morgan fingerprint density at radius 3 is 2.68 bits per heavy atom. The molecule has 1 atom stereocenters. The number of benzene rings is 1. The van der Waals surface area contributed by atoms with E-state index >= 15 is 0 Å². The van der Waals surface area contributed by atoms with Gasteiger partial charge in [-0.25, -0.2) is 9.37 Å². The van der Waals surface area contributed by atoms with Gasteiger partial charge in [0.25, 0.3) is 5.22 Å². The number of thiophene rings is 1. The Balaban J connectivity index is 1.69. The molecule has 0 saturated carbocycles. The molecule has 1 amide bonds. The predicted octanol–water partition coefficient (Wildman–Crippen LogP) is 4.49. The fourth-order valence-corrected chi connectivity index (χ4v) is 3.79. The summed E-state index contributed by atoms with van der Waals surface area (Å²) in [5.41, 5.74) is 1.66. The number of aromatic nitrogens is 1. The number of nitrogens with zero attached hydrogens (tertiary/aromatic N) is 1. The predicted molar refractivity (Wildman–Crippen MR) is 97.4 cm³/mol. The molecule has 4 nitrogen and oxygen atoms in total. The molecular weight excluding hydrogens is 359 g/mol. The fourth-order valence-electron chi connectivity index (χ4n) is 2.26. The van der Waals surface area contributed by atoms with Gasteiger partial charge >= 0.3 is 0 Å². The first kappa shape index (κ1) is 17.7. The molecule has 3 rings (SSSR count). The second kappa shape index (κ2) is 7.84. The first-order chi connectivity index (χ1) is 12.0. The highest BCUT2D eigenvalue weighted by atomic mass is 32.2. The quantitative estimate of drug-likeness (QED) is 0.644. The lowest BCUT2D eigenvalue weighted by Gasteiger charge is -2.18. The number of aryl methyl sites for hydroxylation is 2. The number of halogens is 1. The van der Waals surface area contributed by atoms with Gasteiger partial charge in [-0.2, -0.15) is 0 Å². The molecule has 0 spiro atoms. The van der Waals surface area contributed by atoms with E-state index in [1.54, 1.807) is 23.5 Å². The molecule has 2 aromatic heterocycles. The Morgan fingerprint density at radius 2 is 2.08 bits per heavy atom. The highest BCUT2D eigenvalue weighted by Gasteiger charge is 2.19. The highest BCUT2D eigenvalue weighted by Crippen LogP contribution is 2.27. The van der Waals surface area contributed by atoms with Crippen molar-refractivity contribution in [3.05, 3.63) is 69.5 Å². The van der Waals surface area contributed by atoms with Crippen molar-refractivity contribution >= 4 is 29.0 Å². The Morgan fingerprint density at radius 1 is 1.32 bits per heavy atom. The van der Waals surface area contributed by atoms with Crippen molar-refractivity contribution in [3.63, 3.8) is 0 Å². The van der Waals surface area contributed by atoms with Crippen LogP contribution in [0, 0.1) is 19.7 Å². The molecule has 2 heterocycles. The maximum absolute atomic E-state index is 13.2. The molecule has 0 fully saturated rings. The van der Waals surface area contributed by atoms with Crippen molar-refractivity contribution in [1.29, 1.82) is 0 Å². The zero-order valence-corrected chi connectivity index (χ0v) is 15.4. The SMILES string of the molecule is Cc1nc(SCC(=O)NC(c2ccc(F)cc2)c2cccs2)oc1C. The van der Waals surface area contributed by atoms with E-state index in [9.17, 15) is 9.18 Å². The molecule has 1 aromatic carbocycles. The number of carbonyl (C=O) groups is 1. The lowest BCUT2D eigenvalue weighted by molar-refractivity contribution is -0.119. The molecule has 25 heavy (non-hydrogen) atoms. The summed E-state index contributed by atoms with van der Waals surface area (Å²) in [7, 11) is 0. The van der Waals surface area contributed by atoms with E-state index in [-0.39, 0.29) is 23.5 Å². The van der Waals surface area contributed by atoms with E-state index in [1.165, 1.54) is 23.9 Å². The summed E-state index contributed by atoms with van der Waals surface area (Å²) in [5.74, 6) is 0.514. The number of oxazole rings is 1. The van der Waals surface area contributed by atoms with E-state index in [4.69, 9.17) is 4.42 Å². The lowest BCUT2D eigenvalue weighted by atomic mass is 10.1. The molecule has 0 aliphatic carbocycles. The normalized spacial score (nSPS) is 12.1. The van der Waals surface area contributed by atoms with Gasteiger partial charge in [-0.15, -0.1) is 11.3 Å². The summed E-state index contributed by atoms with van der Waals surface area (Å²) in [4.78, 5) is 17.6. The monoisotopic (exact) mass is 376 g/mol. The molecule has 1 N–H and O–H groups in total. The Labute approximate surface area is 153 Å². The highest BCUT2D eigenvalue weighted by molar-refractivity contribution is 7.99. The van der Waals surface area contributed by atoms with Crippen molar-refractivity contribution in [1.82, 2.24) is 10.3 Å². The fraction of sp³-hybridized carbons (Fsp3) is 0.222. The Hall–Kier alpha value is -2.12. The van der Waals surface area contributed by atoms with Crippen LogP contribution < -0.4 is 5.32 Å². The molecule has 0 radical (unpaired) electrons. The zero-order valence-electron chi connectivity index (χ0n) is 13.8. The first-order valence-corrected chi connectivity index (χ1v) is 9.54. The van der Waals surface area contributed by atoms with Crippen LogP contribution in [0.25, 0.3) is 0 Å². The van der Waals surface area contributed by atoms with Crippen LogP contribution in [0.5, 0.6) is 0 Å². The minimum Gasteiger partial charge on any atom is -0.437 e. The molecule has 1 unspecified atom stereocenters. The van der Waals surface area contributed by atoms with Crippen molar-refractivity contribution < 1.29 is 13.6 Å². The summed E-state index contributed by atoms with van der Waals surface area (Å²) in [6.45, 7) is 3.71. The maximum atomic E-state index is 13.2. The average Bonchev–Trinajstić information content (AvgIpc) is 3.22. The number of carbonyl (C=O) groups excluding carboxylic acids is 1. The molecular formula is C18H17FN2O2S2. The number of hydrogen-bond donors (Lipinski definition) is 1. The minimum atomic E-state index is -0.304. The molecule has 0 aliphatic rings. The van der Waals surface area contributed by atoms with Gasteiger partial charge in [-0.05, 0) is 43.0 Å². The largest absolute Gasteiger partial charge is 0.437 e. The molecule has 7 heteroatoms. The number of rotatable bonds is 6. The van der Waals surface area contributed by atoms with Crippen LogP contribution >= 0.6 is 23.1 Å². The van der Waals surface area contributed by atoms with Crippen LogP contribution in [0.4, 0.5) is 4.39 Å². The molecule has 0 saturated heterocycles. The summed E-state index contributed by atoms with van der Waals surface area (Å²) < 4.78 is 18.7. The number of nitrogens with one attached hydrogen (secondary N) is 1. The topological polar surface area (TPSA) is 55.1 Å². The molecule has 0 bridgehead atoms. The Bertz CT molecular complexity index is 825. The van der Waals surface area contributed by atoms with Gasteiger partial charge in [0.05, 0.1) is 17.5 Å². The summed E-state index contributed by atoms with van der Waals surface area (Å²) in [5, 5.41) is 5.44. The van der Waals surface area contributed by atoms with E-state index in [0.717, 1.165) is 21.9 Å². The van der Waals surface area contributed by atoms with Crippen molar-refractivity contribution in [2.45, 2.75) is 25.1 Å². The van der Waals surface area contributed by atoms with Gasteiger partial charge in [-0.1, -0.05) is 30.0 Å². The van der Waals surface area contributed by atoms with Gasteiger partial charge in [0, 0.05) is 4.88 Å². The average molecular weight is 376 g/mol. The van der Waals surface area contributed by atoms with Gasteiger partial charge in [0.15, 0.2) is 0 Å². The van der Waals surface area contributed by atoms with E-state index in [2.05, 4.69) is 10.3 Å². The lowest BCUT2D eigenvalue weighted by Crippen LogP contribution is -2.30. The number of thioether (sulfide) groups is 1. The van der Waals surface area contributed by atoms with Crippen LogP contribution in [0.15, 0.2) is 51.4 Å². The third-order valence-corrected chi connectivity index (χ3v) is 5.44. The first-order valence-electron chi connectivity index (χ1n) is 7.68. The number of amides is 1. The van der Waals surface area contributed by atoms with E-state index < -0.39 is 0 Å². The van der Waals surface area contributed by atoms with Crippen LogP contribution in [0.3, 0.4) is 0 Å². The summed E-state index contributed by atoms with van der Waals surface area (Å²) in [6.07, 6.45) is 0.